The lowest BCUT2D eigenvalue weighted by atomic mass is 9.99. The molecule has 102 valence electrons. The fourth-order valence-corrected chi connectivity index (χ4v) is 2.85. The van der Waals surface area contributed by atoms with Crippen LogP contribution in [0.25, 0.3) is 0 Å². The molecule has 2 atom stereocenters. The van der Waals surface area contributed by atoms with E-state index in [1.807, 2.05) is 10.9 Å². The maximum absolute atomic E-state index is 6.00. The molecular formula is C14H26N4. The molecule has 0 saturated carbocycles. The van der Waals surface area contributed by atoms with Gasteiger partial charge in [-0.3, -0.25) is 9.58 Å². The third-order valence-corrected chi connectivity index (χ3v) is 4.01. The Morgan fingerprint density at radius 2 is 2.22 bits per heavy atom. The molecule has 1 aliphatic rings. The van der Waals surface area contributed by atoms with Gasteiger partial charge in [-0.05, 0) is 40.2 Å². The average Bonchev–Trinajstić information content (AvgIpc) is 2.82. The van der Waals surface area contributed by atoms with Crippen molar-refractivity contribution in [2.45, 2.75) is 58.2 Å². The summed E-state index contributed by atoms with van der Waals surface area (Å²) in [4.78, 5) is 2.55. The molecule has 18 heavy (non-hydrogen) atoms. The second-order valence-corrected chi connectivity index (χ2v) is 5.68. The number of likely N-dealkylation sites (tertiary alicyclic amines) is 1. The Balaban J connectivity index is 2.15. The van der Waals surface area contributed by atoms with Crippen LogP contribution in [0.4, 0.5) is 0 Å². The fourth-order valence-electron chi connectivity index (χ4n) is 2.85. The number of hydrogen-bond donors (Lipinski definition) is 1. The van der Waals surface area contributed by atoms with Gasteiger partial charge in [0.2, 0.25) is 0 Å². The SMILES string of the molecule is CC1CCCCN1C(CN)c1cnn(C(C)C)c1. The maximum Gasteiger partial charge on any atom is 0.0538 e. The normalized spacial score (nSPS) is 23.5. The summed E-state index contributed by atoms with van der Waals surface area (Å²) in [6.07, 6.45) is 8.07. The van der Waals surface area contributed by atoms with Gasteiger partial charge in [0.25, 0.3) is 0 Å². The number of aromatic nitrogens is 2. The number of nitrogens with two attached hydrogens (primary N) is 1. The second-order valence-electron chi connectivity index (χ2n) is 5.68. The standard InChI is InChI=1S/C14H26N4/c1-11(2)18-10-13(9-16-18)14(8-15)17-7-5-4-6-12(17)3/h9-12,14H,4-8,15H2,1-3H3. The van der Waals surface area contributed by atoms with Crippen LogP contribution in [-0.4, -0.2) is 33.8 Å². The minimum Gasteiger partial charge on any atom is -0.329 e. The van der Waals surface area contributed by atoms with E-state index >= 15 is 0 Å². The Kier molecular flexibility index (Phi) is 4.40. The molecule has 0 amide bonds. The van der Waals surface area contributed by atoms with Crippen molar-refractivity contribution in [2.24, 2.45) is 5.73 Å². The van der Waals surface area contributed by atoms with Crippen molar-refractivity contribution in [3.63, 3.8) is 0 Å². The van der Waals surface area contributed by atoms with E-state index in [4.69, 9.17) is 5.73 Å². The van der Waals surface area contributed by atoms with Crippen molar-refractivity contribution >= 4 is 0 Å². The molecule has 1 fully saturated rings. The minimum atomic E-state index is 0.327. The molecule has 0 radical (unpaired) electrons. The van der Waals surface area contributed by atoms with E-state index in [-0.39, 0.29) is 0 Å². The van der Waals surface area contributed by atoms with Crippen molar-refractivity contribution in [3.05, 3.63) is 18.0 Å². The van der Waals surface area contributed by atoms with Crippen LogP contribution in [0.3, 0.4) is 0 Å². The summed E-state index contributed by atoms with van der Waals surface area (Å²) in [7, 11) is 0. The lowest BCUT2D eigenvalue weighted by Gasteiger charge is -2.38. The van der Waals surface area contributed by atoms with Crippen molar-refractivity contribution in [3.8, 4) is 0 Å². The molecule has 2 rings (SSSR count). The molecule has 4 nitrogen and oxygen atoms in total. The predicted octanol–water partition coefficient (Wildman–Crippen LogP) is 2.34. The quantitative estimate of drug-likeness (QED) is 0.892. The van der Waals surface area contributed by atoms with Crippen LogP contribution in [0, 0.1) is 0 Å². The van der Waals surface area contributed by atoms with Crippen LogP contribution < -0.4 is 5.73 Å². The molecule has 2 unspecified atom stereocenters. The van der Waals surface area contributed by atoms with Gasteiger partial charge in [0.15, 0.2) is 0 Å². The molecule has 4 heteroatoms. The Morgan fingerprint density at radius 3 is 2.78 bits per heavy atom. The zero-order valence-corrected chi connectivity index (χ0v) is 11.8. The Bertz CT molecular complexity index is 372. The van der Waals surface area contributed by atoms with E-state index in [2.05, 4.69) is 37.0 Å². The van der Waals surface area contributed by atoms with Crippen molar-refractivity contribution in [1.29, 1.82) is 0 Å². The van der Waals surface area contributed by atoms with Gasteiger partial charge in [-0.2, -0.15) is 5.10 Å². The first-order chi connectivity index (χ1) is 8.63. The summed E-state index contributed by atoms with van der Waals surface area (Å²) >= 11 is 0. The molecule has 0 bridgehead atoms. The van der Waals surface area contributed by atoms with Crippen LogP contribution in [0.1, 0.15) is 57.7 Å². The zero-order valence-electron chi connectivity index (χ0n) is 11.8. The Hall–Kier alpha value is -0.870. The molecule has 2 N–H and O–H groups in total. The summed E-state index contributed by atoms with van der Waals surface area (Å²) in [6, 6.07) is 1.37. The Morgan fingerprint density at radius 1 is 1.44 bits per heavy atom. The first kappa shape index (κ1) is 13.6. The third kappa shape index (κ3) is 2.75. The molecular weight excluding hydrogens is 224 g/mol. The predicted molar refractivity (Wildman–Crippen MR) is 74.4 cm³/mol. The average molecular weight is 250 g/mol. The monoisotopic (exact) mass is 250 g/mol. The first-order valence-electron chi connectivity index (χ1n) is 7.13. The highest BCUT2D eigenvalue weighted by molar-refractivity contribution is 5.12. The summed E-state index contributed by atoms with van der Waals surface area (Å²) in [5.41, 5.74) is 7.27. The molecule has 1 aromatic heterocycles. The van der Waals surface area contributed by atoms with Crippen LogP contribution in [0.2, 0.25) is 0 Å². The van der Waals surface area contributed by atoms with E-state index in [0.717, 1.165) is 6.54 Å². The van der Waals surface area contributed by atoms with E-state index in [1.165, 1.54) is 24.8 Å². The number of nitrogens with zero attached hydrogens (tertiary/aromatic N) is 3. The second kappa shape index (κ2) is 5.85. The molecule has 0 aromatic carbocycles. The van der Waals surface area contributed by atoms with Gasteiger partial charge >= 0.3 is 0 Å². The Labute approximate surface area is 110 Å². The molecule has 1 aliphatic heterocycles. The zero-order chi connectivity index (χ0) is 13.1. The molecule has 0 spiro atoms. The van der Waals surface area contributed by atoms with E-state index in [1.54, 1.807) is 0 Å². The topological polar surface area (TPSA) is 47.1 Å². The van der Waals surface area contributed by atoms with Crippen LogP contribution in [0.15, 0.2) is 12.4 Å². The molecule has 1 saturated heterocycles. The van der Waals surface area contributed by atoms with Gasteiger partial charge in [0.05, 0.1) is 12.2 Å². The van der Waals surface area contributed by atoms with Gasteiger partial charge < -0.3 is 5.73 Å². The van der Waals surface area contributed by atoms with E-state index in [9.17, 15) is 0 Å². The molecule has 0 aliphatic carbocycles. The van der Waals surface area contributed by atoms with Crippen LogP contribution in [0.5, 0.6) is 0 Å². The smallest absolute Gasteiger partial charge is 0.0538 e. The third-order valence-electron chi connectivity index (χ3n) is 4.01. The highest BCUT2D eigenvalue weighted by Gasteiger charge is 2.27. The summed E-state index contributed by atoms with van der Waals surface area (Å²) in [5, 5.41) is 4.44. The van der Waals surface area contributed by atoms with E-state index < -0.39 is 0 Å². The number of piperidine rings is 1. The van der Waals surface area contributed by atoms with Gasteiger partial charge in [-0.25, -0.2) is 0 Å². The summed E-state index contributed by atoms with van der Waals surface area (Å²) in [6.45, 7) is 8.45. The van der Waals surface area contributed by atoms with Crippen molar-refractivity contribution in [1.82, 2.24) is 14.7 Å². The highest BCUT2D eigenvalue weighted by atomic mass is 15.3. The summed E-state index contributed by atoms with van der Waals surface area (Å²) in [5.74, 6) is 0. The van der Waals surface area contributed by atoms with E-state index in [0.29, 0.717) is 24.7 Å². The highest BCUT2D eigenvalue weighted by Crippen LogP contribution is 2.27. The van der Waals surface area contributed by atoms with Crippen LogP contribution in [-0.2, 0) is 0 Å². The number of hydrogen-bond acceptors (Lipinski definition) is 3. The fraction of sp³-hybridized carbons (Fsp3) is 0.786. The minimum absolute atomic E-state index is 0.327. The lowest BCUT2D eigenvalue weighted by molar-refractivity contribution is 0.109. The summed E-state index contributed by atoms with van der Waals surface area (Å²) < 4.78 is 2.02. The number of rotatable bonds is 4. The molecule has 2 heterocycles. The van der Waals surface area contributed by atoms with Crippen molar-refractivity contribution in [2.75, 3.05) is 13.1 Å². The van der Waals surface area contributed by atoms with Gasteiger partial charge in [0.1, 0.15) is 0 Å². The van der Waals surface area contributed by atoms with Crippen LogP contribution >= 0.6 is 0 Å². The van der Waals surface area contributed by atoms with Gasteiger partial charge in [-0.1, -0.05) is 6.42 Å². The first-order valence-corrected chi connectivity index (χ1v) is 7.13. The molecule has 1 aromatic rings. The van der Waals surface area contributed by atoms with Crippen molar-refractivity contribution < 1.29 is 0 Å². The maximum atomic E-state index is 6.00. The van der Waals surface area contributed by atoms with Gasteiger partial charge in [-0.15, -0.1) is 0 Å². The lowest BCUT2D eigenvalue weighted by Crippen LogP contribution is -2.42. The van der Waals surface area contributed by atoms with Gasteiger partial charge in [0, 0.05) is 30.4 Å². The largest absolute Gasteiger partial charge is 0.329 e.